The summed E-state index contributed by atoms with van der Waals surface area (Å²) in [6, 6.07) is 11.9. The summed E-state index contributed by atoms with van der Waals surface area (Å²) in [5, 5.41) is 3.05. The molecular weight excluding hydrogens is 449 g/mol. The van der Waals surface area contributed by atoms with E-state index in [1.807, 2.05) is 12.1 Å². The molecule has 0 aromatic heterocycles. The van der Waals surface area contributed by atoms with E-state index in [0.29, 0.717) is 16.5 Å². The maximum Gasteiger partial charge on any atom is 0.279 e. The molecule has 0 aliphatic rings. The molecule has 0 fully saturated rings. The fourth-order valence-corrected chi connectivity index (χ4v) is 2.79. The van der Waals surface area contributed by atoms with Crippen molar-refractivity contribution >= 4 is 58.4 Å². The molecule has 0 bridgehead atoms. The van der Waals surface area contributed by atoms with Crippen LogP contribution in [0, 0.1) is 0 Å². The number of rotatable bonds is 6. The number of methoxy groups -OCH3 is 1. The van der Waals surface area contributed by atoms with Crippen LogP contribution in [-0.2, 0) is 9.59 Å². The highest BCUT2D eigenvalue weighted by Gasteiger charge is 2.16. The van der Waals surface area contributed by atoms with Crippen LogP contribution in [0.15, 0.2) is 48.5 Å². The van der Waals surface area contributed by atoms with E-state index in [1.54, 1.807) is 37.5 Å². The molecule has 0 heterocycles. The zero-order valence-electron chi connectivity index (χ0n) is 16.1. The number of hydrazine groups is 1. The van der Waals surface area contributed by atoms with Gasteiger partial charge in [-0.15, -0.1) is 0 Å². The average molecular weight is 468 g/mol. The number of thiocarbonyl (C=S) groups is 1. The summed E-state index contributed by atoms with van der Waals surface area (Å²) >= 11 is 16.8. The van der Waals surface area contributed by atoms with Gasteiger partial charge in [0.05, 0.1) is 12.1 Å². The summed E-state index contributed by atoms with van der Waals surface area (Å²) in [5.41, 5.74) is 5.51. The van der Waals surface area contributed by atoms with Crippen LogP contribution < -0.4 is 25.6 Å². The van der Waals surface area contributed by atoms with Crippen molar-refractivity contribution in [3.63, 3.8) is 0 Å². The van der Waals surface area contributed by atoms with Gasteiger partial charge in [-0.1, -0.05) is 41.4 Å². The first-order valence-electron chi connectivity index (χ1n) is 8.63. The minimum absolute atomic E-state index is 0.0882. The van der Waals surface area contributed by atoms with Crippen molar-refractivity contribution in [1.29, 1.82) is 0 Å². The van der Waals surface area contributed by atoms with Gasteiger partial charge in [0.2, 0.25) is 5.91 Å². The smallest absolute Gasteiger partial charge is 0.279 e. The first kappa shape index (κ1) is 23.5. The second-order valence-corrected chi connectivity index (χ2v) is 7.09. The molecule has 0 saturated heterocycles. The van der Waals surface area contributed by atoms with Gasteiger partial charge in [0.1, 0.15) is 11.5 Å². The lowest BCUT2D eigenvalue weighted by atomic mass is 10.2. The maximum absolute atomic E-state index is 12.1. The lowest BCUT2D eigenvalue weighted by Crippen LogP contribution is -2.51. The van der Waals surface area contributed by atoms with Gasteiger partial charge >= 0.3 is 0 Å². The Labute approximate surface area is 189 Å². The summed E-state index contributed by atoms with van der Waals surface area (Å²) in [6.07, 6.45) is 1.99. The van der Waals surface area contributed by atoms with Gasteiger partial charge in [0.15, 0.2) is 11.2 Å². The molecule has 0 spiro atoms. The number of halogens is 2. The minimum atomic E-state index is -0.889. The predicted octanol–water partition coefficient (Wildman–Crippen LogP) is 3.50. The highest BCUT2D eigenvalue weighted by molar-refractivity contribution is 7.80. The normalized spacial score (nSPS) is 11.5. The average Bonchev–Trinajstić information content (AvgIpc) is 2.72. The van der Waals surface area contributed by atoms with Crippen molar-refractivity contribution < 1.29 is 19.1 Å². The Morgan fingerprint density at radius 2 is 1.83 bits per heavy atom. The van der Waals surface area contributed by atoms with Crippen LogP contribution >= 0.6 is 35.4 Å². The number of carbonyl (C=O) groups is 2. The Kier molecular flexibility index (Phi) is 8.91. The van der Waals surface area contributed by atoms with Gasteiger partial charge in [-0.25, -0.2) is 0 Å². The van der Waals surface area contributed by atoms with Gasteiger partial charge in [-0.3, -0.25) is 25.8 Å². The molecule has 10 heteroatoms. The number of amides is 2. The summed E-state index contributed by atoms with van der Waals surface area (Å²) in [4.78, 5) is 24.1. The van der Waals surface area contributed by atoms with E-state index >= 15 is 0 Å². The summed E-state index contributed by atoms with van der Waals surface area (Å²) in [6.45, 7) is 1.53. The van der Waals surface area contributed by atoms with Gasteiger partial charge < -0.3 is 9.47 Å². The fraction of sp³-hybridized carbons (Fsp3) is 0.150. The standard InChI is InChI=1S/C20H19Cl2N3O4S/c1-12(29-17-9-8-14(21)11-15(17)22)19(27)24-25-20(30)23-18(26)10-7-13-5-3-4-6-16(13)28-2/h3-12H,1-2H3,(H,24,27)(H2,23,25,26,30). The van der Waals surface area contributed by atoms with Gasteiger partial charge in [-0.05, 0) is 49.5 Å². The first-order valence-corrected chi connectivity index (χ1v) is 9.80. The van der Waals surface area contributed by atoms with E-state index in [4.69, 9.17) is 44.9 Å². The highest BCUT2D eigenvalue weighted by atomic mass is 35.5. The number of hydrogen-bond acceptors (Lipinski definition) is 5. The summed E-state index contributed by atoms with van der Waals surface area (Å²) in [7, 11) is 1.54. The Bertz CT molecular complexity index is 969. The molecule has 2 amide bonds. The lowest BCUT2D eigenvalue weighted by Gasteiger charge is -2.16. The maximum atomic E-state index is 12.1. The van der Waals surface area contributed by atoms with E-state index in [2.05, 4.69) is 16.2 Å². The van der Waals surface area contributed by atoms with Crippen molar-refractivity contribution in [2.75, 3.05) is 7.11 Å². The third-order valence-corrected chi connectivity index (χ3v) is 4.39. The Hall–Kier alpha value is -2.81. The van der Waals surface area contributed by atoms with Gasteiger partial charge in [0.25, 0.3) is 5.91 Å². The van der Waals surface area contributed by atoms with Crippen LogP contribution in [0.2, 0.25) is 10.0 Å². The summed E-state index contributed by atoms with van der Waals surface area (Å²) in [5.74, 6) is -0.0718. The van der Waals surface area contributed by atoms with Crippen molar-refractivity contribution in [1.82, 2.24) is 16.2 Å². The van der Waals surface area contributed by atoms with E-state index in [-0.39, 0.29) is 10.1 Å². The molecule has 2 aromatic rings. The minimum Gasteiger partial charge on any atom is -0.496 e. The van der Waals surface area contributed by atoms with Crippen LogP contribution in [-0.4, -0.2) is 30.1 Å². The van der Waals surface area contributed by atoms with Crippen molar-refractivity contribution in [2.24, 2.45) is 0 Å². The molecule has 0 aliphatic heterocycles. The third-order valence-electron chi connectivity index (χ3n) is 3.66. The molecule has 1 unspecified atom stereocenters. The number of nitrogens with one attached hydrogen (secondary N) is 3. The number of benzene rings is 2. The molecule has 3 N–H and O–H groups in total. The fourth-order valence-electron chi connectivity index (χ4n) is 2.19. The second-order valence-electron chi connectivity index (χ2n) is 5.84. The zero-order valence-corrected chi connectivity index (χ0v) is 18.4. The number of ether oxygens (including phenoxy) is 2. The zero-order chi connectivity index (χ0) is 22.1. The molecule has 2 rings (SSSR count). The SMILES string of the molecule is COc1ccccc1C=CC(=O)NC(=S)NNC(=O)C(C)Oc1ccc(Cl)cc1Cl. The predicted molar refractivity (Wildman–Crippen MR) is 121 cm³/mol. The number of para-hydroxylation sites is 1. The molecule has 7 nitrogen and oxygen atoms in total. The molecule has 1 atom stereocenters. The van der Waals surface area contributed by atoms with Crippen molar-refractivity contribution in [3.05, 3.63) is 64.1 Å². The van der Waals surface area contributed by atoms with Crippen molar-refractivity contribution in [2.45, 2.75) is 13.0 Å². The Morgan fingerprint density at radius 1 is 1.10 bits per heavy atom. The topological polar surface area (TPSA) is 88.7 Å². The molecular formula is C20H19Cl2N3O4S. The van der Waals surface area contributed by atoms with Crippen molar-refractivity contribution in [3.8, 4) is 11.5 Å². The van der Waals surface area contributed by atoms with E-state index in [0.717, 1.165) is 5.56 Å². The van der Waals surface area contributed by atoms with E-state index < -0.39 is 17.9 Å². The molecule has 0 saturated carbocycles. The molecule has 158 valence electrons. The quantitative estimate of drug-likeness (QED) is 0.342. The number of hydrogen-bond donors (Lipinski definition) is 3. The summed E-state index contributed by atoms with van der Waals surface area (Å²) < 4.78 is 10.7. The van der Waals surface area contributed by atoms with Crippen LogP contribution in [0.3, 0.4) is 0 Å². The molecule has 2 aromatic carbocycles. The van der Waals surface area contributed by atoms with E-state index in [9.17, 15) is 9.59 Å². The second kappa shape index (κ2) is 11.4. The van der Waals surface area contributed by atoms with E-state index in [1.165, 1.54) is 19.1 Å². The monoisotopic (exact) mass is 467 g/mol. The lowest BCUT2D eigenvalue weighted by molar-refractivity contribution is -0.128. The largest absolute Gasteiger partial charge is 0.496 e. The first-order chi connectivity index (χ1) is 14.3. The number of carbonyl (C=O) groups excluding carboxylic acids is 2. The van der Waals surface area contributed by atoms with Crippen LogP contribution in [0.5, 0.6) is 11.5 Å². The third kappa shape index (κ3) is 7.22. The molecule has 0 radical (unpaired) electrons. The van der Waals surface area contributed by atoms with Crippen LogP contribution in [0.4, 0.5) is 0 Å². The Morgan fingerprint density at radius 3 is 2.53 bits per heavy atom. The molecule has 0 aliphatic carbocycles. The molecule has 30 heavy (non-hydrogen) atoms. The van der Waals surface area contributed by atoms with Crippen LogP contribution in [0.1, 0.15) is 12.5 Å². The van der Waals surface area contributed by atoms with Gasteiger partial charge in [0, 0.05) is 16.7 Å². The Balaban J connectivity index is 1.80. The van der Waals surface area contributed by atoms with Crippen LogP contribution in [0.25, 0.3) is 6.08 Å². The highest BCUT2D eigenvalue weighted by Crippen LogP contribution is 2.28. The van der Waals surface area contributed by atoms with Gasteiger partial charge in [-0.2, -0.15) is 0 Å².